The topological polar surface area (TPSA) is 106 Å². The van der Waals surface area contributed by atoms with E-state index in [2.05, 4.69) is 5.32 Å². The van der Waals surface area contributed by atoms with Gasteiger partial charge in [0.2, 0.25) is 0 Å². The fourth-order valence-corrected chi connectivity index (χ4v) is 3.83. The highest BCUT2D eigenvalue weighted by Gasteiger charge is 2.20. The van der Waals surface area contributed by atoms with Gasteiger partial charge in [0.25, 0.3) is 5.91 Å². The molecule has 1 heterocycles. The van der Waals surface area contributed by atoms with E-state index in [1.54, 1.807) is 19.1 Å². The van der Waals surface area contributed by atoms with Gasteiger partial charge in [-0.25, -0.2) is 9.59 Å². The average molecular weight is 427 g/mol. The van der Waals surface area contributed by atoms with Crippen LogP contribution in [0.15, 0.2) is 63.8 Å². The number of hydrogen-bond donors (Lipinski definition) is 2. The Labute approximate surface area is 177 Å². The Hall–Kier alpha value is -3.26. The Balaban J connectivity index is 1.53. The molecule has 30 heavy (non-hydrogen) atoms. The first-order valence-corrected chi connectivity index (χ1v) is 10.4. The summed E-state index contributed by atoms with van der Waals surface area (Å²) in [6.07, 6.45) is 0. The fraction of sp³-hybridized carbons (Fsp3) is 0.227. The summed E-state index contributed by atoms with van der Waals surface area (Å²) in [6.45, 7) is 1.45. The Bertz CT molecular complexity index is 1100. The molecule has 1 atom stereocenters. The number of ether oxygens (including phenoxy) is 1. The second-order valence-electron chi connectivity index (χ2n) is 6.65. The quantitative estimate of drug-likeness (QED) is 0.506. The molecule has 3 rings (SSSR count). The van der Waals surface area contributed by atoms with Gasteiger partial charge in [0, 0.05) is 29.0 Å². The summed E-state index contributed by atoms with van der Waals surface area (Å²) in [4.78, 5) is 35.1. The van der Waals surface area contributed by atoms with Crippen molar-refractivity contribution in [3.63, 3.8) is 0 Å². The van der Waals surface area contributed by atoms with E-state index in [1.807, 2.05) is 30.3 Å². The lowest BCUT2D eigenvalue weighted by Crippen LogP contribution is -2.44. The van der Waals surface area contributed by atoms with Crippen molar-refractivity contribution in [3.05, 3.63) is 76.1 Å². The van der Waals surface area contributed by atoms with E-state index in [4.69, 9.17) is 9.15 Å². The minimum atomic E-state index is -1.10. The molecule has 3 aromatic rings. The molecule has 2 aromatic carbocycles. The monoisotopic (exact) mass is 427 g/mol. The van der Waals surface area contributed by atoms with Gasteiger partial charge in [-0.05, 0) is 30.2 Å². The van der Waals surface area contributed by atoms with Crippen molar-refractivity contribution >= 4 is 34.6 Å². The van der Waals surface area contributed by atoms with Crippen LogP contribution >= 0.6 is 11.8 Å². The molecular weight excluding hydrogens is 406 g/mol. The molecule has 1 amide bonds. The number of fused-ring (bicyclic) bond motifs is 1. The Morgan fingerprint density at radius 2 is 1.93 bits per heavy atom. The van der Waals surface area contributed by atoms with Crippen molar-refractivity contribution in [1.29, 1.82) is 0 Å². The van der Waals surface area contributed by atoms with Crippen LogP contribution in [0.2, 0.25) is 0 Å². The van der Waals surface area contributed by atoms with E-state index in [0.717, 1.165) is 16.5 Å². The number of nitrogens with one attached hydrogen (secondary N) is 1. The van der Waals surface area contributed by atoms with E-state index in [0.29, 0.717) is 17.1 Å². The molecule has 0 spiro atoms. The zero-order valence-corrected chi connectivity index (χ0v) is 17.1. The maximum atomic E-state index is 12.2. The first kappa shape index (κ1) is 21.4. The molecule has 0 saturated carbocycles. The van der Waals surface area contributed by atoms with E-state index in [1.165, 1.54) is 23.9 Å². The van der Waals surface area contributed by atoms with E-state index in [9.17, 15) is 19.5 Å². The summed E-state index contributed by atoms with van der Waals surface area (Å²) in [5, 5.41) is 12.6. The van der Waals surface area contributed by atoms with Crippen molar-refractivity contribution in [1.82, 2.24) is 5.32 Å². The third-order valence-electron chi connectivity index (χ3n) is 4.32. The number of amides is 1. The highest BCUT2D eigenvalue weighted by atomic mass is 32.2. The third-order valence-corrected chi connectivity index (χ3v) is 5.43. The molecule has 7 nitrogen and oxygen atoms in total. The van der Waals surface area contributed by atoms with Gasteiger partial charge in [0.15, 0.2) is 6.61 Å². The highest BCUT2D eigenvalue weighted by Crippen LogP contribution is 2.22. The Kier molecular flexibility index (Phi) is 7.13. The van der Waals surface area contributed by atoms with E-state index in [-0.39, 0.29) is 12.4 Å². The molecule has 0 aliphatic carbocycles. The number of carbonyl (C=O) groups is 2. The maximum Gasteiger partial charge on any atom is 0.336 e. The zero-order chi connectivity index (χ0) is 21.5. The predicted octanol–water partition coefficient (Wildman–Crippen LogP) is 2.98. The number of benzene rings is 2. The summed E-state index contributed by atoms with van der Waals surface area (Å²) in [7, 11) is 0. The lowest BCUT2D eigenvalue weighted by Gasteiger charge is -2.15. The third kappa shape index (κ3) is 5.87. The summed E-state index contributed by atoms with van der Waals surface area (Å²) in [5.41, 5.74) is 1.76. The molecule has 0 aliphatic rings. The van der Waals surface area contributed by atoms with Gasteiger partial charge in [0.05, 0.1) is 0 Å². The fourth-order valence-electron chi connectivity index (χ4n) is 2.82. The van der Waals surface area contributed by atoms with Gasteiger partial charge in [-0.1, -0.05) is 30.3 Å². The van der Waals surface area contributed by atoms with Crippen LogP contribution in [0.4, 0.5) is 0 Å². The molecule has 2 N–H and O–H groups in total. The summed E-state index contributed by atoms with van der Waals surface area (Å²) in [6, 6.07) is 15.0. The summed E-state index contributed by atoms with van der Waals surface area (Å²) in [5.74, 6) is -0.424. The second-order valence-corrected chi connectivity index (χ2v) is 7.68. The molecule has 0 fully saturated rings. The molecule has 0 saturated heterocycles. The smallest absolute Gasteiger partial charge is 0.336 e. The van der Waals surface area contributed by atoms with E-state index < -0.39 is 23.5 Å². The van der Waals surface area contributed by atoms with Crippen LogP contribution in [0.3, 0.4) is 0 Å². The van der Waals surface area contributed by atoms with Gasteiger partial charge in [-0.3, -0.25) is 4.79 Å². The van der Waals surface area contributed by atoms with Crippen LogP contribution in [-0.2, 0) is 15.3 Å². The predicted molar refractivity (Wildman–Crippen MR) is 115 cm³/mol. The number of thioether (sulfide) groups is 1. The van der Waals surface area contributed by atoms with Crippen molar-refractivity contribution < 1.29 is 23.8 Å². The standard InChI is InChI=1S/C22H21NO6S/c1-14-9-21(25)29-19-10-16(7-8-17(14)19)28-11-20(24)23-18(22(26)27)13-30-12-15-5-3-2-4-6-15/h2-10,18H,11-13H2,1H3,(H,23,24)(H,26,27). The largest absolute Gasteiger partial charge is 0.484 e. The number of hydrogen-bond acceptors (Lipinski definition) is 6. The van der Waals surface area contributed by atoms with Crippen LogP contribution in [0.5, 0.6) is 5.75 Å². The molecule has 1 unspecified atom stereocenters. The lowest BCUT2D eigenvalue weighted by atomic mass is 10.1. The lowest BCUT2D eigenvalue weighted by molar-refractivity contribution is -0.141. The summed E-state index contributed by atoms with van der Waals surface area (Å²) >= 11 is 1.42. The number of carboxylic acids is 1. The van der Waals surface area contributed by atoms with Gasteiger partial charge in [0.1, 0.15) is 17.4 Å². The number of carbonyl (C=O) groups excluding carboxylic acids is 1. The van der Waals surface area contributed by atoms with Crippen LogP contribution in [0.25, 0.3) is 11.0 Å². The van der Waals surface area contributed by atoms with E-state index >= 15 is 0 Å². The number of rotatable bonds is 9. The van der Waals surface area contributed by atoms with Crippen molar-refractivity contribution in [2.24, 2.45) is 0 Å². The maximum absolute atomic E-state index is 12.2. The van der Waals surface area contributed by atoms with Crippen LogP contribution in [-0.4, -0.2) is 35.4 Å². The van der Waals surface area contributed by atoms with Crippen molar-refractivity contribution in [2.45, 2.75) is 18.7 Å². The average Bonchev–Trinajstić information content (AvgIpc) is 2.71. The zero-order valence-electron chi connectivity index (χ0n) is 16.3. The molecule has 0 aliphatic heterocycles. The van der Waals surface area contributed by atoms with Gasteiger partial charge in [-0.2, -0.15) is 11.8 Å². The summed E-state index contributed by atoms with van der Waals surface area (Å²) < 4.78 is 10.6. The molecule has 8 heteroatoms. The first-order chi connectivity index (χ1) is 14.4. The second kappa shape index (κ2) is 9.98. The molecule has 0 bridgehead atoms. The molecule has 1 aromatic heterocycles. The van der Waals surface area contributed by atoms with Crippen molar-refractivity contribution in [2.75, 3.05) is 12.4 Å². The van der Waals surface area contributed by atoms with Crippen LogP contribution < -0.4 is 15.7 Å². The minimum Gasteiger partial charge on any atom is -0.484 e. The van der Waals surface area contributed by atoms with Gasteiger partial charge >= 0.3 is 11.6 Å². The van der Waals surface area contributed by atoms with Gasteiger partial charge in [-0.15, -0.1) is 0 Å². The number of aliphatic carboxylic acids is 1. The van der Waals surface area contributed by atoms with Gasteiger partial charge < -0.3 is 19.6 Å². The van der Waals surface area contributed by atoms with Crippen LogP contribution in [0, 0.1) is 6.92 Å². The first-order valence-electron chi connectivity index (χ1n) is 9.23. The number of carboxylic acid groups (broad SMARTS) is 1. The highest BCUT2D eigenvalue weighted by molar-refractivity contribution is 7.98. The number of aryl methyl sites for hydroxylation is 1. The Morgan fingerprint density at radius 3 is 2.67 bits per heavy atom. The van der Waals surface area contributed by atoms with Crippen LogP contribution in [0.1, 0.15) is 11.1 Å². The van der Waals surface area contributed by atoms with Crippen molar-refractivity contribution in [3.8, 4) is 5.75 Å². The Morgan fingerprint density at radius 1 is 1.17 bits per heavy atom. The molecular formula is C22H21NO6S. The molecule has 156 valence electrons. The minimum absolute atomic E-state index is 0.233. The SMILES string of the molecule is Cc1cc(=O)oc2cc(OCC(=O)NC(CSCc3ccccc3)C(=O)O)ccc12. The normalized spacial score (nSPS) is 11.8. The molecule has 0 radical (unpaired) electrons.